The van der Waals surface area contributed by atoms with Gasteiger partial charge in [-0.15, -0.1) is 0 Å². The van der Waals surface area contributed by atoms with E-state index in [2.05, 4.69) is 17.6 Å². The van der Waals surface area contributed by atoms with Gasteiger partial charge in [-0.25, -0.2) is 8.78 Å². The number of nitrogens with two attached hydrogens (primary N) is 1. The Morgan fingerprint density at radius 1 is 0.806 bits per heavy atom. The van der Waals surface area contributed by atoms with E-state index in [4.69, 9.17) is 5.11 Å². The molecule has 3 rings (SSSR count). The summed E-state index contributed by atoms with van der Waals surface area (Å²) >= 11 is 0. The lowest BCUT2D eigenvalue weighted by atomic mass is 10.1. The molecule has 3 aromatic rings. The Labute approximate surface area is 184 Å². The van der Waals surface area contributed by atoms with Crippen molar-refractivity contribution in [2.75, 3.05) is 13.7 Å². The number of aromatic amines is 1. The first kappa shape index (κ1) is 28.2. The topological polar surface area (TPSA) is 79.1 Å². The number of H-pyrrole nitrogens is 1. The van der Waals surface area contributed by atoms with Crippen molar-refractivity contribution in [2.24, 2.45) is 5.73 Å². The first-order valence-corrected chi connectivity index (χ1v) is 10.4. The molecule has 1 heterocycles. The Bertz CT molecular complexity index is 754. The number of aliphatic hydroxyl groups is 1. The van der Waals surface area contributed by atoms with Gasteiger partial charge in [0.15, 0.2) is 0 Å². The van der Waals surface area contributed by atoms with Crippen molar-refractivity contribution in [1.29, 1.82) is 0 Å². The number of unbranched alkanes of at least 4 members (excludes halogenated alkanes) is 2. The zero-order chi connectivity index (χ0) is 23.5. The number of carbonyl (C=O) groups is 1. The minimum absolute atomic E-state index is 0.255. The number of aliphatic hydroxyl groups excluding tert-OH is 1. The van der Waals surface area contributed by atoms with Crippen LogP contribution in [0.5, 0.6) is 0 Å². The molecule has 0 bridgehead atoms. The average molecular weight is 433 g/mol. The van der Waals surface area contributed by atoms with Crippen LogP contribution >= 0.6 is 0 Å². The monoisotopic (exact) mass is 432 g/mol. The third kappa shape index (κ3) is 11.8. The summed E-state index contributed by atoms with van der Waals surface area (Å²) in [5.41, 5.74) is 8.13. The second-order valence-electron chi connectivity index (χ2n) is 6.33. The highest BCUT2D eigenvalue weighted by molar-refractivity contribution is 5.68. The summed E-state index contributed by atoms with van der Waals surface area (Å²) in [7, 11) is 1.50. The van der Waals surface area contributed by atoms with Gasteiger partial charge in [0.2, 0.25) is 0 Å². The Hall–Kier alpha value is -2.83. The van der Waals surface area contributed by atoms with Crippen LogP contribution in [0, 0.1) is 11.6 Å². The lowest BCUT2D eigenvalue weighted by molar-refractivity contribution is -0.107. The van der Waals surface area contributed by atoms with Gasteiger partial charge in [0.05, 0.1) is 0 Å². The van der Waals surface area contributed by atoms with Gasteiger partial charge in [-0.2, -0.15) is 0 Å². The number of aldehydes is 1. The molecule has 0 atom stereocenters. The summed E-state index contributed by atoms with van der Waals surface area (Å²) in [6.45, 7) is 4.38. The molecular weight excluding hydrogens is 398 g/mol. The van der Waals surface area contributed by atoms with Crippen molar-refractivity contribution in [3.63, 3.8) is 0 Å². The quantitative estimate of drug-likeness (QED) is 0.420. The van der Waals surface area contributed by atoms with E-state index in [0.29, 0.717) is 13.0 Å². The molecule has 2 aromatic carbocycles. The smallest absolute Gasteiger partial charge is 0.123 e. The molecule has 0 aliphatic rings. The van der Waals surface area contributed by atoms with Crippen LogP contribution in [0.3, 0.4) is 0 Å². The second-order valence-corrected chi connectivity index (χ2v) is 6.33. The minimum atomic E-state index is -0.255. The number of halogens is 2. The molecule has 0 amide bonds. The highest BCUT2D eigenvalue weighted by Crippen LogP contribution is 2.24. The Kier molecular flexibility index (Phi) is 16.3. The Morgan fingerprint density at radius 3 is 1.45 bits per heavy atom. The van der Waals surface area contributed by atoms with Gasteiger partial charge >= 0.3 is 0 Å². The van der Waals surface area contributed by atoms with Gasteiger partial charge in [-0.1, -0.05) is 20.3 Å². The summed E-state index contributed by atoms with van der Waals surface area (Å²) < 4.78 is 25.7. The van der Waals surface area contributed by atoms with Crippen LogP contribution in [0.2, 0.25) is 0 Å². The Morgan fingerprint density at radius 2 is 1.23 bits per heavy atom. The standard InChI is InChI=1S/C16H11F2N.C4H10O.C4H8O.CH5N/c17-13-5-1-11(2-6-13)15-9-10-16(19-15)12-3-7-14(18)8-4-12;2*1-2-3-4-5;1-2/h1-10,19H;5H,2-4H2,1H3;4H,2-3H2,1H3;2H2,1H3. The lowest BCUT2D eigenvalue weighted by Gasteiger charge is -2.00. The first-order chi connectivity index (χ1) is 15.0. The van der Waals surface area contributed by atoms with Gasteiger partial charge in [0, 0.05) is 24.4 Å². The van der Waals surface area contributed by atoms with Gasteiger partial charge < -0.3 is 20.6 Å². The van der Waals surface area contributed by atoms with Crippen LogP contribution in [0.4, 0.5) is 8.78 Å². The molecule has 4 nitrogen and oxygen atoms in total. The summed E-state index contributed by atoms with van der Waals surface area (Å²) in [5, 5.41) is 8.07. The average Bonchev–Trinajstić information content (AvgIpc) is 3.28. The molecule has 0 radical (unpaired) electrons. The molecule has 0 saturated heterocycles. The van der Waals surface area contributed by atoms with Crippen molar-refractivity contribution in [3.05, 3.63) is 72.3 Å². The van der Waals surface area contributed by atoms with Crippen molar-refractivity contribution >= 4 is 6.29 Å². The maximum atomic E-state index is 12.9. The highest BCUT2D eigenvalue weighted by Gasteiger charge is 2.04. The van der Waals surface area contributed by atoms with Gasteiger partial charge in [-0.05, 0) is 91.7 Å². The van der Waals surface area contributed by atoms with Crippen LogP contribution in [0.15, 0.2) is 60.7 Å². The fourth-order valence-electron chi connectivity index (χ4n) is 2.27. The van der Waals surface area contributed by atoms with E-state index in [1.807, 2.05) is 19.1 Å². The number of benzene rings is 2. The largest absolute Gasteiger partial charge is 0.396 e. The normalized spacial score (nSPS) is 9.26. The number of hydrogen-bond acceptors (Lipinski definition) is 3. The van der Waals surface area contributed by atoms with Crippen molar-refractivity contribution in [3.8, 4) is 22.5 Å². The molecule has 0 spiro atoms. The fourth-order valence-corrected chi connectivity index (χ4v) is 2.27. The molecular formula is C25H34F2N2O2. The van der Waals surface area contributed by atoms with Crippen molar-refractivity contribution in [1.82, 2.24) is 4.98 Å². The highest BCUT2D eigenvalue weighted by atomic mass is 19.1. The predicted octanol–water partition coefficient (Wildman–Crippen LogP) is 5.97. The predicted molar refractivity (Wildman–Crippen MR) is 125 cm³/mol. The van der Waals surface area contributed by atoms with E-state index in [0.717, 1.165) is 48.1 Å². The molecule has 0 saturated carbocycles. The third-order valence-corrected chi connectivity index (χ3v) is 3.91. The summed E-state index contributed by atoms with van der Waals surface area (Å²) in [6.07, 6.45) is 4.65. The van der Waals surface area contributed by atoms with Crippen LogP contribution in [0.1, 0.15) is 39.5 Å². The van der Waals surface area contributed by atoms with E-state index in [9.17, 15) is 13.6 Å². The number of hydrogen-bond donors (Lipinski definition) is 3. The van der Waals surface area contributed by atoms with Crippen LogP contribution in [-0.2, 0) is 4.79 Å². The number of nitrogens with one attached hydrogen (secondary N) is 1. The zero-order valence-electron chi connectivity index (χ0n) is 18.6. The minimum Gasteiger partial charge on any atom is -0.396 e. The Balaban J connectivity index is 0.000000628. The first-order valence-electron chi connectivity index (χ1n) is 10.4. The van der Waals surface area contributed by atoms with Gasteiger partial charge in [0.1, 0.15) is 17.9 Å². The van der Waals surface area contributed by atoms with E-state index in [1.54, 1.807) is 24.3 Å². The molecule has 1 aromatic heterocycles. The molecule has 170 valence electrons. The second kappa shape index (κ2) is 18.0. The van der Waals surface area contributed by atoms with Gasteiger partial charge in [0.25, 0.3) is 0 Å². The van der Waals surface area contributed by atoms with E-state index in [1.165, 1.54) is 31.3 Å². The number of aromatic nitrogens is 1. The maximum absolute atomic E-state index is 12.9. The molecule has 31 heavy (non-hydrogen) atoms. The van der Waals surface area contributed by atoms with E-state index >= 15 is 0 Å². The molecule has 0 aliphatic heterocycles. The molecule has 0 unspecified atom stereocenters. The van der Waals surface area contributed by atoms with Crippen LogP contribution in [0.25, 0.3) is 22.5 Å². The van der Waals surface area contributed by atoms with Crippen molar-refractivity contribution < 1.29 is 18.7 Å². The lowest BCUT2D eigenvalue weighted by Crippen LogP contribution is -1.81. The molecule has 0 aliphatic carbocycles. The SMILES string of the molecule is CCCC=O.CCCCO.CN.Fc1ccc(-c2ccc(-c3ccc(F)cc3)[nH]2)cc1. The maximum Gasteiger partial charge on any atom is 0.123 e. The molecule has 6 heteroatoms. The molecule has 4 N–H and O–H groups in total. The van der Waals surface area contributed by atoms with Crippen LogP contribution < -0.4 is 5.73 Å². The van der Waals surface area contributed by atoms with Gasteiger partial charge in [-0.3, -0.25) is 0 Å². The summed E-state index contributed by atoms with van der Waals surface area (Å²) in [6, 6.07) is 16.4. The van der Waals surface area contributed by atoms with Crippen LogP contribution in [-0.4, -0.2) is 30.0 Å². The van der Waals surface area contributed by atoms with E-state index < -0.39 is 0 Å². The van der Waals surface area contributed by atoms with E-state index in [-0.39, 0.29) is 11.6 Å². The summed E-state index contributed by atoms with van der Waals surface area (Å²) in [5.74, 6) is -0.511. The molecule has 0 fully saturated rings. The fraction of sp³-hybridized carbons (Fsp3) is 0.320. The number of rotatable bonds is 6. The number of carbonyl (C=O) groups excluding carboxylic acids is 1. The third-order valence-electron chi connectivity index (χ3n) is 3.91. The van der Waals surface area contributed by atoms with Crippen molar-refractivity contribution in [2.45, 2.75) is 39.5 Å². The zero-order valence-corrected chi connectivity index (χ0v) is 18.6. The summed E-state index contributed by atoms with van der Waals surface area (Å²) in [4.78, 5) is 12.6.